The first-order chi connectivity index (χ1) is 15.4. The Morgan fingerprint density at radius 1 is 1.03 bits per heavy atom. The fourth-order valence-electron chi connectivity index (χ4n) is 3.63. The molecule has 1 saturated heterocycles. The van der Waals surface area contributed by atoms with E-state index in [0.717, 1.165) is 0 Å². The van der Waals surface area contributed by atoms with E-state index in [4.69, 9.17) is 15.2 Å². The van der Waals surface area contributed by atoms with Gasteiger partial charge in [0.1, 0.15) is 5.82 Å². The van der Waals surface area contributed by atoms with E-state index in [-0.39, 0.29) is 24.0 Å². The molecule has 0 spiro atoms. The Kier molecular flexibility index (Phi) is 7.02. The second-order valence-corrected chi connectivity index (χ2v) is 7.22. The summed E-state index contributed by atoms with van der Waals surface area (Å²) in [6.07, 6.45) is 0. The van der Waals surface area contributed by atoms with Gasteiger partial charge in [0.2, 0.25) is 5.95 Å². The largest absolute Gasteiger partial charge is 0.493 e. The highest BCUT2D eigenvalue weighted by atomic mass is 35.5. The topological polar surface area (TPSA) is 137 Å². The number of nitrogens with two attached hydrogens (primary N) is 1. The van der Waals surface area contributed by atoms with Crippen LogP contribution in [0.4, 0.5) is 17.5 Å². The molecule has 0 bridgehead atoms. The van der Waals surface area contributed by atoms with Crippen molar-refractivity contribution in [3.63, 3.8) is 0 Å². The van der Waals surface area contributed by atoms with Crippen molar-refractivity contribution in [2.75, 3.05) is 51.0 Å². The molecule has 0 saturated carbocycles. The number of non-ortho nitro benzene ring substituents is 1. The highest BCUT2D eigenvalue weighted by molar-refractivity contribution is 5.95. The van der Waals surface area contributed by atoms with E-state index >= 15 is 0 Å². The standard InChI is InChI=1S/C21H22N6O5.ClH/c1-31-17-11-15-16(12-18(17)32-2)23-21(24-19(15)22)26-9-7-25(8-10-26)20(28)13-3-5-14(6-4-13)27(29)30;/h3-6,11-12H,7-10H2,1-2H3,(H2,22,23,24);1H. The molecule has 1 aliphatic heterocycles. The number of anilines is 2. The molecule has 0 aliphatic carbocycles. The molecule has 1 aromatic heterocycles. The maximum Gasteiger partial charge on any atom is 0.269 e. The number of carbonyl (C=O) groups excluding carboxylic acids is 1. The van der Waals surface area contributed by atoms with Crippen molar-refractivity contribution in [3.8, 4) is 11.5 Å². The number of nitrogens with zero attached hydrogens (tertiary/aromatic N) is 5. The lowest BCUT2D eigenvalue weighted by molar-refractivity contribution is -0.384. The number of fused-ring (bicyclic) bond motifs is 1. The van der Waals surface area contributed by atoms with Gasteiger partial charge in [0.05, 0.1) is 24.7 Å². The number of piperazine rings is 1. The van der Waals surface area contributed by atoms with Crippen molar-refractivity contribution in [3.05, 3.63) is 52.1 Å². The van der Waals surface area contributed by atoms with E-state index < -0.39 is 4.92 Å². The maximum atomic E-state index is 12.7. The van der Waals surface area contributed by atoms with Gasteiger partial charge in [-0.25, -0.2) is 4.98 Å². The number of aromatic nitrogens is 2. The summed E-state index contributed by atoms with van der Waals surface area (Å²) in [4.78, 5) is 35.8. The number of nitro groups is 1. The monoisotopic (exact) mass is 474 g/mol. The van der Waals surface area contributed by atoms with Gasteiger partial charge in [-0.1, -0.05) is 0 Å². The SMILES string of the molecule is COc1cc2nc(N3CCN(C(=O)c4ccc([N+](=O)[O-])cc4)CC3)nc(N)c2cc1OC.Cl. The van der Waals surface area contributed by atoms with E-state index in [1.165, 1.54) is 24.3 Å². The van der Waals surface area contributed by atoms with E-state index in [2.05, 4.69) is 9.97 Å². The van der Waals surface area contributed by atoms with Crippen LogP contribution in [0.2, 0.25) is 0 Å². The van der Waals surface area contributed by atoms with Gasteiger partial charge >= 0.3 is 0 Å². The van der Waals surface area contributed by atoms with E-state index in [9.17, 15) is 14.9 Å². The van der Waals surface area contributed by atoms with Crippen LogP contribution in [0.15, 0.2) is 36.4 Å². The first kappa shape index (κ1) is 23.8. The predicted molar refractivity (Wildman–Crippen MR) is 126 cm³/mol. The van der Waals surface area contributed by atoms with Gasteiger partial charge in [0, 0.05) is 55.3 Å². The summed E-state index contributed by atoms with van der Waals surface area (Å²) in [6.45, 7) is 1.97. The quantitative estimate of drug-likeness (QED) is 0.436. The molecule has 1 aliphatic rings. The Morgan fingerprint density at radius 3 is 2.21 bits per heavy atom. The zero-order valence-corrected chi connectivity index (χ0v) is 18.9. The average Bonchev–Trinajstić information content (AvgIpc) is 2.82. The van der Waals surface area contributed by atoms with Crippen LogP contribution in [-0.2, 0) is 0 Å². The van der Waals surface area contributed by atoms with Crippen molar-refractivity contribution in [2.45, 2.75) is 0 Å². The van der Waals surface area contributed by atoms with E-state index in [1.807, 2.05) is 4.90 Å². The lowest BCUT2D eigenvalue weighted by Crippen LogP contribution is -2.49. The van der Waals surface area contributed by atoms with Crippen LogP contribution in [0.25, 0.3) is 10.9 Å². The summed E-state index contributed by atoms with van der Waals surface area (Å²) in [5.74, 6) is 1.72. The van der Waals surface area contributed by atoms with Gasteiger partial charge < -0.3 is 25.0 Å². The molecule has 174 valence electrons. The summed E-state index contributed by atoms with van der Waals surface area (Å²) in [7, 11) is 3.10. The lowest BCUT2D eigenvalue weighted by Gasteiger charge is -2.35. The number of nitro benzene ring substituents is 1. The Bertz CT molecular complexity index is 1180. The first-order valence-electron chi connectivity index (χ1n) is 9.89. The second kappa shape index (κ2) is 9.74. The van der Waals surface area contributed by atoms with Gasteiger partial charge in [-0.15, -0.1) is 12.4 Å². The van der Waals surface area contributed by atoms with Crippen molar-refractivity contribution in [1.29, 1.82) is 0 Å². The molecule has 0 unspecified atom stereocenters. The van der Waals surface area contributed by atoms with Gasteiger partial charge in [0.15, 0.2) is 11.5 Å². The summed E-state index contributed by atoms with van der Waals surface area (Å²) < 4.78 is 10.7. The number of hydrogen-bond donors (Lipinski definition) is 1. The number of rotatable bonds is 5. The summed E-state index contributed by atoms with van der Waals surface area (Å²) in [6, 6.07) is 9.11. The smallest absolute Gasteiger partial charge is 0.269 e. The molecule has 11 nitrogen and oxygen atoms in total. The molecular weight excluding hydrogens is 452 g/mol. The van der Waals surface area contributed by atoms with Crippen LogP contribution in [-0.4, -0.2) is 66.1 Å². The van der Waals surface area contributed by atoms with Gasteiger partial charge in [-0.2, -0.15) is 4.98 Å². The molecule has 0 radical (unpaired) electrons. The van der Waals surface area contributed by atoms with Gasteiger partial charge in [0.25, 0.3) is 11.6 Å². The minimum atomic E-state index is -0.492. The fraction of sp³-hybridized carbons (Fsp3) is 0.286. The highest BCUT2D eigenvalue weighted by Gasteiger charge is 2.25. The Morgan fingerprint density at radius 2 is 1.64 bits per heavy atom. The predicted octanol–water partition coefficient (Wildman–Crippen LogP) is 2.52. The number of nitrogen functional groups attached to an aromatic ring is 1. The third-order valence-corrected chi connectivity index (χ3v) is 5.39. The average molecular weight is 475 g/mol. The van der Waals surface area contributed by atoms with Crippen LogP contribution in [0.1, 0.15) is 10.4 Å². The van der Waals surface area contributed by atoms with Crippen molar-refractivity contribution >= 4 is 46.7 Å². The van der Waals surface area contributed by atoms with Crippen molar-refractivity contribution < 1.29 is 19.2 Å². The second-order valence-electron chi connectivity index (χ2n) is 7.22. The maximum absolute atomic E-state index is 12.7. The van der Waals surface area contributed by atoms with Crippen LogP contribution in [0.3, 0.4) is 0 Å². The molecule has 2 N–H and O–H groups in total. The lowest BCUT2D eigenvalue weighted by atomic mass is 10.1. The highest BCUT2D eigenvalue weighted by Crippen LogP contribution is 2.34. The molecule has 2 heterocycles. The van der Waals surface area contributed by atoms with Gasteiger partial charge in [-0.3, -0.25) is 14.9 Å². The number of methoxy groups -OCH3 is 2. The first-order valence-corrected chi connectivity index (χ1v) is 9.89. The number of hydrogen-bond acceptors (Lipinski definition) is 9. The Labute approximate surface area is 195 Å². The number of halogens is 1. The number of carbonyl (C=O) groups is 1. The van der Waals surface area contributed by atoms with E-state index in [0.29, 0.717) is 65.9 Å². The van der Waals surface area contributed by atoms with Crippen LogP contribution in [0.5, 0.6) is 11.5 Å². The van der Waals surface area contributed by atoms with Crippen LogP contribution in [0, 0.1) is 10.1 Å². The fourth-order valence-corrected chi connectivity index (χ4v) is 3.63. The summed E-state index contributed by atoms with van der Waals surface area (Å²) in [5.41, 5.74) is 7.17. The van der Waals surface area contributed by atoms with E-state index in [1.54, 1.807) is 31.3 Å². The Hall–Kier alpha value is -3.86. The summed E-state index contributed by atoms with van der Waals surface area (Å²) in [5, 5.41) is 11.5. The molecular formula is C21H23ClN6O5. The molecule has 3 aromatic rings. The minimum absolute atomic E-state index is 0. The van der Waals surface area contributed by atoms with Crippen molar-refractivity contribution in [1.82, 2.24) is 14.9 Å². The van der Waals surface area contributed by atoms with Crippen LogP contribution < -0.4 is 20.1 Å². The molecule has 12 heteroatoms. The molecule has 1 fully saturated rings. The Balaban J connectivity index is 0.00000306. The molecule has 4 rings (SSSR count). The number of ether oxygens (including phenoxy) is 2. The molecule has 0 atom stereocenters. The number of benzene rings is 2. The van der Waals surface area contributed by atoms with Crippen LogP contribution >= 0.6 is 12.4 Å². The third kappa shape index (κ3) is 4.67. The summed E-state index contributed by atoms with van der Waals surface area (Å²) >= 11 is 0. The zero-order valence-electron chi connectivity index (χ0n) is 18.1. The minimum Gasteiger partial charge on any atom is -0.493 e. The third-order valence-electron chi connectivity index (χ3n) is 5.39. The molecule has 1 amide bonds. The zero-order chi connectivity index (χ0) is 22.8. The number of amides is 1. The van der Waals surface area contributed by atoms with Crippen molar-refractivity contribution in [2.24, 2.45) is 0 Å². The molecule has 2 aromatic carbocycles. The van der Waals surface area contributed by atoms with Gasteiger partial charge in [-0.05, 0) is 18.2 Å². The normalized spacial score (nSPS) is 13.4. The molecule has 33 heavy (non-hydrogen) atoms.